The number of piperidine rings is 1. The number of pyridine rings is 1. The van der Waals surface area contributed by atoms with Gasteiger partial charge in [0.1, 0.15) is 0 Å². The molecule has 128 valence electrons. The van der Waals surface area contributed by atoms with Gasteiger partial charge in [-0.2, -0.15) is 9.36 Å². The molecule has 0 unspecified atom stereocenters. The van der Waals surface area contributed by atoms with Crippen molar-refractivity contribution in [1.29, 1.82) is 0 Å². The molecule has 1 N–H and O–H groups in total. The molecule has 1 aliphatic heterocycles. The Kier molecular flexibility index (Phi) is 4.99. The monoisotopic (exact) mass is 351 g/mol. The van der Waals surface area contributed by atoms with Crippen LogP contribution in [0.15, 0.2) is 54.7 Å². The molecule has 1 fully saturated rings. The minimum absolute atomic E-state index is 0.469. The second kappa shape index (κ2) is 7.72. The Hall–Kier alpha value is -2.31. The molecule has 4 rings (SSSR count). The number of nitrogens with zero attached hydrogens (tertiary/aromatic N) is 4. The van der Waals surface area contributed by atoms with E-state index in [9.17, 15) is 0 Å². The van der Waals surface area contributed by atoms with Gasteiger partial charge in [0.15, 0.2) is 5.82 Å². The quantitative estimate of drug-likeness (QED) is 0.760. The zero-order chi connectivity index (χ0) is 16.9. The predicted octanol–water partition coefficient (Wildman–Crippen LogP) is 3.68. The fourth-order valence-electron chi connectivity index (χ4n) is 3.12. The predicted molar refractivity (Wildman–Crippen MR) is 102 cm³/mol. The van der Waals surface area contributed by atoms with Crippen LogP contribution in [0.5, 0.6) is 0 Å². The highest BCUT2D eigenvalue weighted by Crippen LogP contribution is 2.23. The van der Waals surface area contributed by atoms with Crippen LogP contribution in [0, 0.1) is 0 Å². The molecule has 1 aromatic carbocycles. The van der Waals surface area contributed by atoms with Gasteiger partial charge in [0, 0.05) is 49.0 Å². The molecule has 5 nitrogen and oxygen atoms in total. The first-order valence-electron chi connectivity index (χ1n) is 8.65. The summed E-state index contributed by atoms with van der Waals surface area (Å²) in [5, 5.41) is 4.48. The van der Waals surface area contributed by atoms with Crippen molar-refractivity contribution in [3.63, 3.8) is 0 Å². The van der Waals surface area contributed by atoms with E-state index in [-0.39, 0.29) is 0 Å². The van der Waals surface area contributed by atoms with Crippen molar-refractivity contribution in [2.75, 3.05) is 18.4 Å². The van der Waals surface area contributed by atoms with E-state index in [1.807, 2.05) is 42.6 Å². The third-order valence-corrected chi connectivity index (χ3v) is 5.13. The molecule has 1 aliphatic rings. The molecule has 0 atom stereocenters. The molecule has 0 amide bonds. The van der Waals surface area contributed by atoms with Crippen molar-refractivity contribution in [2.45, 2.75) is 25.4 Å². The van der Waals surface area contributed by atoms with Gasteiger partial charge in [0.25, 0.3) is 0 Å². The van der Waals surface area contributed by atoms with Gasteiger partial charge in [0.2, 0.25) is 5.13 Å². The molecule has 0 aliphatic carbocycles. The van der Waals surface area contributed by atoms with Gasteiger partial charge >= 0.3 is 0 Å². The van der Waals surface area contributed by atoms with Gasteiger partial charge in [-0.3, -0.25) is 9.88 Å². The first-order valence-corrected chi connectivity index (χ1v) is 9.42. The molecular weight excluding hydrogens is 330 g/mol. The standard InChI is InChI=1S/C19H21N5S/c1-2-6-15(7-3-1)18-22-19(25-23-18)21-16-9-12-24(13-10-16)14-17-8-4-5-11-20-17/h1-8,11,16H,9-10,12-14H2,(H,21,22,23). The van der Waals surface area contributed by atoms with Crippen molar-refractivity contribution in [2.24, 2.45) is 0 Å². The first-order chi connectivity index (χ1) is 12.4. The number of likely N-dealkylation sites (tertiary alicyclic amines) is 1. The van der Waals surface area contributed by atoms with Crippen molar-refractivity contribution in [1.82, 2.24) is 19.2 Å². The summed E-state index contributed by atoms with van der Waals surface area (Å²) in [6.07, 6.45) is 4.10. The third-order valence-electron chi connectivity index (χ3n) is 4.48. The van der Waals surface area contributed by atoms with Crippen molar-refractivity contribution < 1.29 is 0 Å². The highest BCUT2D eigenvalue weighted by molar-refractivity contribution is 7.09. The largest absolute Gasteiger partial charge is 0.357 e. The summed E-state index contributed by atoms with van der Waals surface area (Å²) in [6, 6.07) is 16.7. The topological polar surface area (TPSA) is 53.9 Å². The second-order valence-corrected chi connectivity index (χ2v) is 7.06. The number of rotatable bonds is 5. The molecule has 0 saturated carbocycles. The summed E-state index contributed by atoms with van der Waals surface area (Å²) in [5.41, 5.74) is 2.21. The van der Waals surface area contributed by atoms with Gasteiger partial charge in [-0.05, 0) is 25.0 Å². The van der Waals surface area contributed by atoms with Crippen LogP contribution in [-0.4, -0.2) is 38.4 Å². The van der Waals surface area contributed by atoms with Crippen LogP contribution in [0.1, 0.15) is 18.5 Å². The van der Waals surface area contributed by atoms with E-state index in [0.717, 1.165) is 54.7 Å². The zero-order valence-corrected chi connectivity index (χ0v) is 14.8. The summed E-state index contributed by atoms with van der Waals surface area (Å²) >= 11 is 1.45. The minimum Gasteiger partial charge on any atom is -0.357 e. The Labute approximate surface area is 151 Å². The van der Waals surface area contributed by atoms with E-state index in [0.29, 0.717) is 6.04 Å². The molecule has 0 radical (unpaired) electrons. The number of aromatic nitrogens is 3. The van der Waals surface area contributed by atoms with Crippen molar-refractivity contribution in [3.8, 4) is 11.4 Å². The van der Waals surface area contributed by atoms with Crippen molar-refractivity contribution in [3.05, 3.63) is 60.4 Å². The molecule has 1 saturated heterocycles. The van der Waals surface area contributed by atoms with Gasteiger partial charge < -0.3 is 5.32 Å². The van der Waals surface area contributed by atoms with Crippen LogP contribution in [0.4, 0.5) is 5.13 Å². The van der Waals surface area contributed by atoms with Gasteiger partial charge in [-0.1, -0.05) is 36.4 Å². The Bertz CT molecular complexity index is 782. The van der Waals surface area contributed by atoms with Crippen LogP contribution in [0.3, 0.4) is 0 Å². The Balaban J connectivity index is 1.30. The fourth-order valence-corrected chi connectivity index (χ4v) is 3.78. The summed E-state index contributed by atoms with van der Waals surface area (Å²) in [7, 11) is 0. The first kappa shape index (κ1) is 16.2. The molecule has 0 spiro atoms. The lowest BCUT2D eigenvalue weighted by atomic mass is 10.1. The van der Waals surface area contributed by atoms with Gasteiger partial charge in [-0.15, -0.1) is 0 Å². The lowest BCUT2D eigenvalue weighted by Gasteiger charge is -2.31. The SMILES string of the molecule is c1ccc(-c2nsc(NC3CCN(Cc4ccccn4)CC3)n2)cc1. The van der Waals surface area contributed by atoms with Crippen LogP contribution in [0.2, 0.25) is 0 Å². The number of anilines is 1. The van der Waals surface area contributed by atoms with Gasteiger partial charge in [0.05, 0.1) is 5.69 Å². The highest BCUT2D eigenvalue weighted by Gasteiger charge is 2.20. The minimum atomic E-state index is 0.469. The van der Waals surface area contributed by atoms with E-state index in [1.54, 1.807) is 0 Å². The molecule has 6 heteroatoms. The molecule has 3 aromatic rings. The maximum Gasteiger partial charge on any atom is 0.203 e. The third kappa shape index (κ3) is 4.21. The van der Waals surface area contributed by atoms with Gasteiger partial charge in [-0.25, -0.2) is 0 Å². The van der Waals surface area contributed by atoms with Crippen LogP contribution in [0.25, 0.3) is 11.4 Å². The summed E-state index contributed by atoms with van der Waals surface area (Å²) < 4.78 is 4.47. The normalized spacial score (nSPS) is 16.0. The number of hydrogen-bond donors (Lipinski definition) is 1. The lowest BCUT2D eigenvalue weighted by molar-refractivity contribution is 0.209. The Morgan fingerprint density at radius 2 is 1.84 bits per heavy atom. The summed E-state index contributed by atoms with van der Waals surface area (Å²) in [6.45, 7) is 3.10. The van der Waals surface area contributed by atoms with E-state index < -0.39 is 0 Å². The zero-order valence-electron chi connectivity index (χ0n) is 14.0. The molecule has 0 bridgehead atoms. The Morgan fingerprint density at radius 1 is 1.04 bits per heavy atom. The number of nitrogens with one attached hydrogen (secondary N) is 1. The average molecular weight is 351 g/mol. The summed E-state index contributed by atoms with van der Waals surface area (Å²) in [5.74, 6) is 0.806. The van der Waals surface area contributed by atoms with E-state index in [4.69, 9.17) is 0 Å². The van der Waals surface area contributed by atoms with E-state index in [1.165, 1.54) is 11.5 Å². The Morgan fingerprint density at radius 3 is 2.60 bits per heavy atom. The van der Waals surface area contributed by atoms with Crippen molar-refractivity contribution >= 4 is 16.7 Å². The maximum absolute atomic E-state index is 4.63. The molecule has 25 heavy (non-hydrogen) atoms. The van der Waals surface area contributed by atoms with Crippen LogP contribution in [-0.2, 0) is 6.54 Å². The lowest BCUT2D eigenvalue weighted by Crippen LogP contribution is -2.38. The number of hydrogen-bond acceptors (Lipinski definition) is 6. The number of benzene rings is 1. The van der Waals surface area contributed by atoms with Crippen LogP contribution < -0.4 is 5.32 Å². The fraction of sp³-hybridized carbons (Fsp3) is 0.316. The van der Waals surface area contributed by atoms with E-state index >= 15 is 0 Å². The molecular formula is C19H21N5S. The molecule has 3 heterocycles. The summed E-state index contributed by atoms with van der Waals surface area (Å²) in [4.78, 5) is 11.5. The maximum atomic E-state index is 4.63. The average Bonchev–Trinajstić information content (AvgIpc) is 3.14. The highest BCUT2D eigenvalue weighted by atomic mass is 32.1. The van der Waals surface area contributed by atoms with Crippen LogP contribution >= 0.6 is 11.5 Å². The molecule has 2 aromatic heterocycles. The second-order valence-electron chi connectivity index (χ2n) is 6.30. The smallest absolute Gasteiger partial charge is 0.203 e. The van der Waals surface area contributed by atoms with E-state index in [2.05, 4.69) is 36.7 Å².